The van der Waals surface area contributed by atoms with E-state index in [1.165, 1.54) is 23.1 Å². The summed E-state index contributed by atoms with van der Waals surface area (Å²) in [7, 11) is 0. The maximum Gasteiger partial charge on any atom is 0.341 e. The zero-order valence-electron chi connectivity index (χ0n) is 18.1. The molecule has 6 nitrogen and oxygen atoms in total. The Balaban J connectivity index is 1.53. The van der Waals surface area contributed by atoms with Crippen LogP contribution >= 0.6 is 35.3 Å². The lowest BCUT2D eigenvalue weighted by Crippen LogP contribution is -2.44. The van der Waals surface area contributed by atoms with Gasteiger partial charge in [0.15, 0.2) is 5.11 Å². The predicted molar refractivity (Wildman–Crippen MR) is 140 cm³/mol. The molecule has 3 rings (SSSR count). The summed E-state index contributed by atoms with van der Waals surface area (Å²) in [6.45, 7) is 2.04. The molecular formula is C24H25N3O3S3. The number of rotatable bonds is 9. The molecule has 0 aliphatic carbocycles. The number of benzene rings is 2. The Bertz CT molecular complexity index is 1070. The normalized spacial score (nSPS) is 10.3. The van der Waals surface area contributed by atoms with E-state index in [0.717, 1.165) is 21.8 Å². The van der Waals surface area contributed by atoms with Crippen LogP contribution in [0.25, 0.3) is 0 Å². The molecule has 9 heteroatoms. The molecule has 3 aromatic rings. The van der Waals surface area contributed by atoms with Gasteiger partial charge in [-0.15, -0.1) is 23.1 Å². The number of ether oxygens (including phenoxy) is 1. The fourth-order valence-electron chi connectivity index (χ4n) is 2.91. The second kappa shape index (κ2) is 13.0. The second-order valence-corrected chi connectivity index (χ2v) is 9.47. The highest BCUT2D eigenvalue weighted by molar-refractivity contribution is 7.99. The van der Waals surface area contributed by atoms with Gasteiger partial charge in [0.1, 0.15) is 5.00 Å². The molecule has 0 unspecified atom stereocenters. The third-order valence-corrected chi connectivity index (χ3v) is 6.65. The average Bonchev–Trinajstić information content (AvgIpc) is 3.21. The molecule has 0 bridgehead atoms. The van der Waals surface area contributed by atoms with Gasteiger partial charge < -0.3 is 10.1 Å². The molecule has 0 fully saturated rings. The van der Waals surface area contributed by atoms with Crippen LogP contribution in [0.5, 0.6) is 0 Å². The number of esters is 1. The SMILES string of the molecule is CCOC(=O)c1cc(Cc2ccccc2)sc1NC(=S)NNC(=O)CSCc1ccccc1. The molecule has 0 atom stereocenters. The minimum atomic E-state index is -0.417. The number of thiocarbonyl (C=S) groups is 1. The minimum absolute atomic E-state index is 0.190. The van der Waals surface area contributed by atoms with E-state index >= 15 is 0 Å². The molecule has 0 spiro atoms. The van der Waals surface area contributed by atoms with Gasteiger partial charge in [-0.3, -0.25) is 15.6 Å². The zero-order chi connectivity index (χ0) is 23.5. The van der Waals surface area contributed by atoms with Gasteiger partial charge in [-0.1, -0.05) is 60.7 Å². The van der Waals surface area contributed by atoms with Crippen molar-refractivity contribution in [3.63, 3.8) is 0 Å². The third kappa shape index (κ3) is 8.20. The molecule has 172 valence electrons. The fraction of sp³-hybridized carbons (Fsp3) is 0.208. The molecule has 0 saturated carbocycles. The molecule has 2 aromatic carbocycles. The van der Waals surface area contributed by atoms with Crippen molar-refractivity contribution >= 4 is 57.3 Å². The number of nitrogens with one attached hydrogen (secondary N) is 3. The Kier molecular flexibility index (Phi) is 9.74. The van der Waals surface area contributed by atoms with E-state index in [1.807, 2.05) is 66.7 Å². The van der Waals surface area contributed by atoms with Crippen LogP contribution in [0, 0.1) is 0 Å². The zero-order valence-corrected chi connectivity index (χ0v) is 20.6. The number of thiophene rings is 1. The van der Waals surface area contributed by atoms with Gasteiger partial charge in [0, 0.05) is 17.1 Å². The molecule has 0 saturated heterocycles. The number of hydrogen-bond acceptors (Lipinski definition) is 6. The number of thioether (sulfide) groups is 1. The Morgan fingerprint density at radius 2 is 1.67 bits per heavy atom. The first-order valence-corrected chi connectivity index (χ1v) is 12.7. The van der Waals surface area contributed by atoms with Gasteiger partial charge in [0.25, 0.3) is 0 Å². The number of carbonyl (C=O) groups excluding carboxylic acids is 2. The molecule has 3 N–H and O–H groups in total. The minimum Gasteiger partial charge on any atom is -0.462 e. The predicted octanol–water partition coefficient (Wildman–Crippen LogP) is 4.77. The molecule has 1 heterocycles. The number of carbonyl (C=O) groups is 2. The van der Waals surface area contributed by atoms with Crippen molar-refractivity contribution in [2.24, 2.45) is 0 Å². The lowest BCUT2D eigenvalue weighted by molar-refractivity contribution is -0.119. The largest absolute Gasteiger partial charge is 0.462 e. The molecule has 0 aliphatic heterocycles. The van der Waals surface area contributed by atoms with E-state index in [2.05, 4.69) is 16.2 Å². The molecule has 1 amide bonds. The highest BCUT2D eigenvalue weighted by atomic mass is 32.2. The smallest absolute Gasteiger partial charge is 0.341 e. The summed E-state index contributed by atoms with van der Waals surface area (Å²) in [5.74, 6) is 0.430. The summed E-state index contributed by atoms with van der Waals surface area (Å²) >= 11 is 8.24. The van der Waals surface area contributed by atoms with Gasteiger partial charge in [-0.25, -0.2) is 4.79 Å². The van der Waals surface area contributed by atoms with Crippen LogP contribution in [-0.2, 0) is 21.7 Å². The lowest BCUT2D eigenvalue weighted by atomic mass is 10.1. The maximum absolute atomic E-state index is 12.4. The van der Waals surface area contributed by atoms with Crippen LogP contribution in [0.3, 0.4) is 0 Å². The van der Waals surface area contributed by atoms with Crippen molar-refractivity contribution in [2.75, 3.05) is 17.7 Å². The van der Waals surface area contributed by atoms with Crippen LogP contribution in [0.15, 0.2) is 66.7 Å². The summed E-state index contributed by atoms with van der Waals surface area (Å²) in [5, 5.41) is 3.77. The second-order valence-electron chi connectivity index (χ2n) is 6.94. The van der Waals surface area contributed by atoms with Crippen molar-refractivity contribution in [2.45, 2.75) is 19.1 Å². The highest BCUT2D eigenvalue weighted by Crippen LogP contribution is 2.30. The summed E-state index contributed by atoms with van der Waals surface area (Å²) in [6, 6.07) is 21.8. The van der Waals surface area contributed by atoms with Crippen LogP contribution in [-0.4, -0.2) is 29.3 Å². The van der Waals surface area contributed by atoms with E-state index in [1.54, 1.807) is 6.92 Å². The monoisotopic (exact) mass is 499 g/mol. The van der Waals surface area contributed by atoms with Crippen molar-refractivity contribution in [1.29, 1.82) is 0 Å². The van der Waals surface area contributed by atoms with E-state index in [-0.39, 0.29) is 17.6 Å². The number of hydrazine groups is 1. The number of amides is 1. The van der Waals surface area contributed by atoms with Crippen LogP contribution in [0.2, 0.25) is 0 Å². The first kappa shape index (κ1) is 24.8. The number of hydrogen-bond donors (Lipinski definition) is 3. The standard InChI is InChI=1S/C24H25N3O3S3/c1-2-30-23(29)20-14-19(13-17-9-5-3-6-10-17)33-22(20)25-24(31)27-26-21(28)16-32-15-18-11-7-4-8-12-18/h3-12,14H,2,13,15-16H2,1H3,(H,26,28)(H2,25,27,31). The first-order valence-electron chi connectivity index (χ1n) is 10.4. The lowest BCUT2D eigenvalue weighted by Gasteiger charge is -2.11. The molecule has 33 heavy (non-hydrogen) atoms. The van der Waals surface area contributed by atoms with Crippen LogP contribution in [0.4, 0.5) is 5.00 Å². The Hall–Kier alpha value is -2.88. The fourth-order valence-corrected chi connectivity index (χ4v) is 5.00. The van der Waals surface area contributed by atoms with Gasteiger partial charge in [-0.2, -0.15) is 0 Å². The molecule has 1 aromatic heterocycles. The molecule has 0 radical (unpaired) electrons. The van der Waals surface area contributed by atoms with Gasteiger partial charge in [-0.05, 0) is 36.3 Å². The number of anilines is 1. The Morgan fingerprint density at radius 3 is 2.33 bits per heavy atom. The van der Waals surface area contributed by atoms with E-state index < -0.39 is 5.97 Å². The molecule has 0 aliphatic rings. The van der Waals surface area contributed by atoms with E-state index in [9.17, 15) is 9.59 Å². The maximum atomic E-state index is 12.4. The first-order chi connectivity index (χ1) is 16.0. The quantitative estimate of drug-likeness (QED) is 0.222. The van der Waals surface area contributed by atoms with Crippen molar-refractivity contribution in [1.82, 2.24) is 10.9 Å². The van der Waals surface area contributed by atoms with Crippen LogP contribution in [0.1, 0.15) is 33.3 Å². The third-order valence-electron chi connectivity index (χ3n) is 4.39. The van der Waals surface area contributed by atoms with E-state index in [4.69, 9.17) is 17.0 Å². The van der Waals surface area contributed by atoms with E-state index in [0.29, 0.717) is 22.7 Å². The van der Waals surface area contributed by atoms with Gasteiger partial charge >= 0.3 is 5.97 Å². The topological polar surface area (TPSA) is 79.5 Å². The summed E-state index contributed by atoms with van der Waals surface area (Å²) in [6.07, 6.45) is 0.690. The molecular weight excluding hydrogens is 474 g/mol. The van der Waals surface area contributed by atoms with Crippen molar-refractivity contribution in [3.8, 4) is 0 Å². The van der Waals surface area contributed by atoms with Crippen molar-refractivity contribution in [3.05, 3.63) is 88.3 Å². The summed E-state index contributed by atoms with van der Waals surface area (Å²) in [5.41, 5.74) is 8.00. The Morgan fingerprint density at radius 1 is 1.00 bits per heavy atom. The highest BCUT2D eigenvalue weighted by Gasteiger charge is 2.18. The van der Waals surface area contributed by atoms with Crippen molar-refractivity contribution < 1.29 is 14.3 Å². The summed E-state index contributed by atoms with van der Waals surface area (Å²) in [4.78, 5) is 25.5. The van der Waals surface area contributed by atoms with Gasteiger partial charge in [0.05, 0.1) is 17.9 Å². The Labute approximate surface area is 207 Å². The van der Waals surface area contributed by atoms with Crippen LogP contribution < -0.4 is 16.2 Å². The summed E-state index contributed by atoms with van der Waals surface area (Å²) < 4.78 is 5.18. The van der Waals surface area contributed by atoms with Gasteiger partial charge in [0.2, 0.25) is 5.91 Å². The average molecular weight is 500 g/mol.